The monoisotopic (exact) mass is 281 g/mol. The molecule has 0 aliphatic heterocycles. The summed E-state index contributed by atoms with van der Waals surface area (Å²) < 4.78 is 7.34. The van der Waals surface area contributed by atoms with E-state index >= 15 is 0 Å². The van der Waals surface area contributed by atoms with Crippen molar-refractivity contribution in [3.8, 4) is 10.7 Å². The Kier molecular flexibility index (Phi) is 4.68. The Bertz CT molecular complexity index is 521. The summed E-state index contributed by atoms with van der Waals surface area (Å²) in [5, 5.41) is 16.1. The largest absolute Gasteiger partial charge is 0.389 e. The van der Waals surface area contributed by atoms with E-state index in [0.717, 1.165) is 16.9 Å². The first-order valence-electron chi connectivity index (χ1n) is 6.45. The van der Waals surface area contributed by atoms with Gasteiger partial charge in [0.25, 0.3) is 0 Å². The Morgan fingerprint density at radius 2 is 2.26 bits per heavy atom. The molecule has 0 spiro atoms. The first-order valence-corrected chi connectivity index (χ1v) is 7.33. The highest BCUT2D eigenvalue weighted by Crippen LogP contribution is 2.31. The van der Waals surface area contributed by atoms with Gasteiger partial charge in [0, 0.05) is 12.2 Å². The van der Waals surface area contributed by atoms with Crippen LogP contribution >= 0.6 is 11.3 Å². The van der Waals surface area contributed by atoms with Crippen LogP contribution in [0.15, 0.2) is 17.8 Å². The van der Waals surface area contributed by atoms with E-state index in [1.807, 2.05) is 25.3 Å². The van der Waals surface area contributed by atoms with E-state index in [0.29, 0.717) is 12.4 Å². The van der Waals surface area contributed by atoms with Crippen LogP contribution in [0.3, 0.4) is 0 Å². The lowest BCUT2D eigenvalue weighted by molar-refractivity contribution is -0.00115. The van der Waals surface area contributed by atoms with Crippen molar-refractivity contribution in [2.24, 2.45) is 0 Å². The molecule has 0 amide bonds. The summed E-state index contributed by atoms with van der Waals surface area (Å²) in [6.07, 6.45) is 1.93. The Hall–Kier alpha value is -1.24. The molecule has 0 aliphatic carbocycles. The molecule has 0 bridgehead atoms. The van der Waals surface area contributed by atoms with Crippen LogP contribution in [0, 0.1) is 0 Å². The van der Waals surface area contributed by atoms with Crippen molar-refractivity contribution in [2.45, 2.75) is 39.5 Å². The Morgan fingerprint density at radius 1 is 1.47 bits per heavy atom. The van der Waals surface area contributed by atoms with Crippen LogP contribution in [0.25, 0.3) is 10.7 Å². The maximum absolute atomic E-state index is 9.72. The average molecular weight is 281 g/mol. The van der Waals surface area contributed by atoms with Gasteiger partial charge in [0.05, 0.1) is 11.0 Å². The summed E-state index contributed by atoms with van der Waals surface area (Å²) in [7, 11) is 0. The van der Waals surface area contributed by atoms with Crippen LogP contribution in [0.4, 0.5) is 0 Å². The van der Waals surface area contributed by atoms with E-state index in [1.54, 1.807) is 17.9 Å². The summed E-state index contributed by atoms with van der Waals surface area (Å²) in [5.41, 5.74) is 0.868. The van der Waals surface area contributed by atoms with Crippen molar-refractivity contribution in [2.75, 3.05) is 6.61 Å². The molecule has 19 heavy (non-hydrogen) atoms. The van der Waals surface area contributed by atoms with Gasteiger partial charge in [-0.2, -0.15) is 0 Å². The van der Waals surface area contributed by atoms with Gasteiger partial charge in [-0.1, -0.05) is 6.92 Å². The number of ether oxygens (including phenoxy) is 1. The van der Waals surface area contributed by atoms with Crippen molar-refractivity contribution in [1.82, 2.24) is 14.8 Å². The average Bonchev–Trinajstić information content (AvgIpc) is 3.03. The normalized spacial score (nSPS) is 14.5. The SMILES string of the molecule is CCOC(CC)n1cnc(-c2sccc2C(C)O)n1. The molecule has 0 aromatic carbocycles. The van der Waals surface area contributed by atoms with Crippen molar-refractivity contribution in [3.63, 3.8) is 0 Å². The standard InChI is InChI=1S/C13H19N3O2S/c1-4-11(18-5-2)16-8-14-13(15-16)12-10(9(3)17)6-7-19-12/h6-9,11,17H,4-5H2,1-3H3. The van der Waals surface area contributed by atoms with Crippen molar-refractivity contribution in [3.05, 3.63) is 23.3 Å². The molecule has 2 aromatic heterocycles. The molecule has 2 heterocycles. The highest BCUT2D eigenvalue weighted by atomic mass is 32.1. The zero-order valence-corrected chi connectivity index (χ0v) is 12.2. The van der Waals surface area contributed by atoms with Gasteiger partial charge in [0.1, 0.15) is 6.33 Å². The lowest BCUT2D eigenvalue weighted by atomic mass is 10.1. The molecule has 2 atom stereocenters. The molecule has 2 rings (SSSR count). The second kappa shape index (κ2) is 6.27. The minimum Gasteiger partial charge on any atom is -0.389 e. The molecule has 104 valence electrons. The smallest absolute Gasteiger partial charge is 0.191 e. The molecule has 0 radical (unpaired) electrons. The fourth-order valence-electron chi connectivity index (χ4n) is 1.92. The number of nitrogens with zero attached hydrogens (tertiary/aromatic N) is 3. The summed E-state index contributed by atoms with van der Waals surface area (Å²) in [4.78, 5) is 5.24. The van der Waals surface area contributed by atoms with Gasteiger partial charge in [-0.25, -0.2) is 9.67 Å². The fourth-order valence-corrected chi connectivity index (χ4v) is 2.85. The van der Waals surface area contributed by atoms with Crippen LogP contribution < -0.4 is 0 Å². The van der Waals surface area contributed by atoms with E-state index in [-0.39, 0.29) is 6.23 Å². The zero-order valence-electron chi connectivity index (χ0n) is 11.4. The number of hydrogen-bond donors (Lipinski definition) is 1. The van der Waals surface area contributed by atoms with Crippen LogP contribution in [0.1, 0.15) is 45.1 Å². The van der Waals surface area contributed by atoms with E-state index in [2.05, 4.69) is 10.1 Å². The fraction of sp³-hybridized carbons (Fsp3) is 0.538. The van der Waals surface area contributed by atoms with Gasteiger partial charge in [0.2, 0.25) is 0 Å². The minimum atomic E-state index is -0.512. The summed E-state index contributed by atoms with van der Waals surface area (Å²) in [6, 6.07) is 1.91. The number of thiophene rings is 1. The Morgan fingerprint density at radius 3 is 2.89 bits per heavy atom. The number of hydrogen-bond acceptors (Lipinski definition) is 5. The van der Waals surface area contributed by atoms with Gasteiger partial charge in [-0.05, 0) is 31.7 Å². The molecule has 1 N–H and O–H groups in total. The van der Waals surface area contributed by atoms with Crippen LogP contribution in [-0.2, 0) is 4.74 Å². The second-order valence-corrected chi connectivity index (χ2v) is 5.16. The molecule has 0 aliphatic rings. The van der Waals surface area contributed by atoms with E-state index < -0.39 is 6.10 Å². The molecule has 0 fully saturated rings. The Labute approximate surface area is 116 Å². The number of rotatable bonds is 6. The van der Waals surface area contributed by atoms with Gasteiger partial charge in [-0.3, -0.25) is 0 Å². The first-order chi connectivity index (χ1) is 9.17. The lowest BCUT2D eigenvalue weighted by Crippen LogP contribution is -2.12. The van der Waals surface area contributed by atoms with E-state index in [9.17, 15) is 5.11 Å². The molecular formula is C13H19N3O2S. The molecule has 2 unspecified atom stereocenters. The van der Waals surface area contributed by atoms with Crippen LogP contribution in [-0.4, -0.2) is 26.5 Å². The molecule has 2 aromatic rings. The third-order valence-corrected chi connectivity index (χ3v) is 3.79. The summed E-state index contributed by atoms with van der Waals surface area (Å²) >= 11 is 1.54. The first kappa shape index (κ1) is 14.2. The van der Waals surface area contributed by atoms with Crippen LogP contribution in [0.5, 0.6) is 0 Å². The number of aliphatic hydroxyl groups excluding tert-OH is 1. The van der Waals surface area contributed by atoms with Gasteiger partial charge in [-0.15, -0.1) is 16.4 Å². The molecule has 0 saturated heterocycles. The van der Waals surface area contributed by atoms with Crippen molar-refractivity contribution < 1.29 is 9.84 Å². The Balaban J connectivity index is 2.27. The van der Waals surface area contributed by atoms with E-state index in [4.69, 9.17) is 4.74 Å². The van der Waals surface area contributed by atoms with Crippen molar-refractivity contribution >= 4 is 11.3 Å². The molecule has 5 nitrogen and oxygen atoms in total. The third kappa shape index (κ3) is 3.02. The second-order valence-electron chi connectivity index (χ2n) is 4.25. The van der Waals surface area contributed by atoms with Crippen LogP contribution in [0.2, 0.25) is 0 Å². The molecular weight excluding hydrogens is 262 g/mol. The predicted molar refractivity (Wildman–Crippen MR) is 74.9 cm³/mol. The summed E-state index contributed by atoms with van der Waals surface area (Å²) in [5.74, 6) is 0.643. The van der Waals surface area contributed by atoms with Gasteiger partial charge >= 0.3 is 0 Å². The van der Waals surface area contributed by atoms with Crippen molar-refractivity contribution in [1.29, 1.82) is 0 Å². The zero-order chi connectivity index (χ0) is 13.8. The lowest BCUT2D eigenvalue weighted by Gasteiger charge is -2.14. The highest BCUT2D eigenvalue weighted by Gasteiger charge is 2.17. The maximum Gasteiger partial charge on any atom is 0.191 e. The minimum absolute atomic E-state index is 0.0822. The number of aromatic nitrogens is 3. The van der Waals surface area contributed by atoms with Gasteiger partial charge in [0.15, 0.2) is 12.1 Å². The summed E-state index contributed by atoms with van der Waals surface area (Å²) in [6.45, 7) is 6.41. The quantitative estimate of drug-likeness (QED) is 0.884. The maximum atomic E-state index is 9.72. The molecule has 0 saturated carbocycles. The molecule has 6 heteroatoms. The van der Waals surface area contributed by atoms with Gasteiger partial charge < -0.3 is 9.84 Å². The topological polar surface area (TPSA) is 60.2 Å². The highest BCUT2D eigenvalue weighted by molar-refractivity contribution is 7.13. The van der Waals surface area contributed by atoms with E-state index in [1.165, 1.54) is 11.3 Å². The predicted octanol–water partition coefficient (Wildman–Crippen LogP) is 3.01. The third-order valence-electron chi connectivity index (χ3n) is 2.86. The number of aliphatic hydroxyl groups is 1.